The molecule has 0 bridgehead atoms. The van der Waals surface area contributed by atoms with E-state index in [2.05, 4.69) is 29.0 Å². The average molecular weight is 353 g/mol. The van der Waals surface area contributed by atoms with Gasteiger partial charge in [0.25, 0.3) is 0 Å². The fourth-order valence-corrected chi connectivity index (χ4v) is 4.14. The Labute approximate surface area is 153 Å². The van der Waals surface area contributed by atoms with E-state index in [-0.39, 0.29) is 12.4 Å². The van der Waals surface area contributed by atoms with Crippen molar-refractivity contribution in [3.63, 3.8) is 0 Å². The third-order valence-electron chi connectivity index (χ3n) is 5.66. The van der Waals surface area contributed by atoms with Crippen molar-refractivity contribution in [2.45, 2.75) is 25.7 Å². The first-order valence-electron chi connectivity index (χ1n) is 9.31. The summed E-state index contributed by atoms with van der Waals surface area (Å²) in [6.45, 7) is 10.1. The number of likely N-dealkylation sites (tertiary alicyclic amines) is 1. The summed E-state index contributed by atoms with van der Waals surface area (Å²) in [5.74, 6) is 0. The standard InChI is InChI=1S/C19H33N4.ClH/c1-23(15-2-3-16-23)17-5-11-21-10-4-12-22(14-13-21)19-8-6-18(20)7-9-19;/h6-9H,2-5,10-17,20H2,1H3;1H/q+1;/p-1. The second-order valence-corrected chi connectivity index (χ2v) is 7.62. The summed E-state index contributed by atoms with van der Waals surface area (Å²) < 4.78 is 1.31. The molecule has 0 radical (unpaired) electrons. The van der Waals surface area contributed by atoms with Crippen molar-refractivity contribution in [1.82, 2.24) is 4.90 Å². The van der Waals surface area contributed by atoms with Crippen LogP contribution in [0.5, 0.6) is 0 Å². The molecule has 2 heterocycles. The number of benzene rings is 1. The van der Waals surface area contributed by atoms with Crippen LogP contribution < -0.4 is 23.0 Å². The van der Waals surface area contributed by atoms with Crippen LogP contribution in [0.2, 0.25) is 0 Å². The third-order valence-corrected chi connectivity index (χ3v) is 5.66. The van der Waals surface area contributed by atoms with Crippen LogP contribution in [-0.4, -0.2) is 68.8 Å². The molecule has 2 aliphatic rings. The first kappa shape index (κ1) is 19.4. The van der Waals surface area contributed by atoms with Crippen LogP contribution >= 0.6 is 0 Å². The van der Waals surface area contributed by atoms with Crippen molar-refractivity contribution in [2.75, 3.05) is 70.0 Å². The number of nitrogen functional groups attached to an aromatic ring is 1. The first-order valence-corrected chi connectivity index (χ1v) is 9.31. The number of quaternary nitrogens is 1. The SMILES string of the molecule is C[N+]1(CCCN2CCCN(c3ccc(N)cc3)CC2)CCCC1.[Cl-]. The number of nitrogens with two attached hydrogens (primary N) is 1. The Morgan fingerprint density at radius 2 is 1.67 bits per heavy atom. The van der Waals surface area contributed by atoms with E-state index < -0.39 is 0 Å². The lowest BCUT2D eigenvalue weighted by molar-refractivity contribution is -0.897. The fraction of sp³-hybridized carbons (Fsp3) is 0.684. The summed E-state index contributed by atoms with van der Waals surface area (Å²) >= 11 is 0. The maximum Gasteiger partial charge on any atom is 0.0796 e. The van der Waals surface area contributed by atoms with Gasteiger partial charge in [0, 0.05) is 56.8 Å². The molecule has 0 unspecified atom stereocenters. The molecule has 0 spiro atoms. The summed E-state index contributed by atoms with van der Waals surface area (Å²) in [6.07, 6.45) is 5.46. The molecule has 0 amide bonds. The zero-order chi connectivity index (χ0) is 16.1. The number of hydrogen-bond donors (Lipinski definition) is 1. The van der Waals surface area contributed by atoms with Gasteiger partial charge in [-0.3, -0.25) is 0 Å². The summed E-state index contributed by atoms with van der Waals surface area (Å²) in [7, 11) is 2.44. The predicted octanol–water partition coefficient (Wildman–Crippen LogP) is -0.585. The molecule has 5 heteroatoms. The van der Waals surface area contributed by atoms with Crippen molar-refractivity contribution in [2.24, 2.45) is 0 Å². The topological polar surface area (TPSA) is 32.5 Å². The summed E-state index contributed by atoms with van der Waals surface area (Å²) in [4.78, 5) is 5.17. The minimum Gasteiger partial charge on any atom is -1.00 e. The van der Waals surface area contributed by atoms with Crippen LogP contribution in [0.15, 0.2) is 24.3 Å². The maximum atomic E-state index is 5.80. The number of rotatable bonds is 5. The van der Waals surface area contributed by atoms with Gasteiger partial charge in [-0.2, -0.15) is 0 Å². The molecule has 24 heavy (non-hydrogen) atoms. The summed E-state index contributed by atoms with van der Waals surface area (Å²) in [5, 5.41) is 0. The average Bonchev–Trinajstić information content (AvgIpc) is 2.83. The van der Waals surface area contributed by atoms with Gasteiger partial charge in [0.1, 0.15) is 0 Å². The Kier molecular flexibility index (Phi) is 7.20. The van der Waals surface area contributed by atoms with Gasteiger partial charge in [-0.05, 0) is 37.2 Å². The van der Waals surface area contributed by atoms with Gasteiger partial charge in [0.15, 0.2) is 0 Å². The number of halogens is 1. The minimum atomic E-state index is 0. The Hall–Kier alpha value is -0.970. The monoisotopic (exact) mass is 352 g/mol. The zero-order valence-corrected chi connectivity index (χ0v) is 15.8. The van der Waals surface area contributed by atoms with Crippen LogP contribution in [-0.2, 0) is 0 Å². The number of anilines is 2. The Balaban J connectivity index is 0.00000208. The lowest BCUT2D eigenvalue weighted by Gasteiger charge is -2.30. The highest BCUT2D eigenvalue weighted by Crippen LogP contribution is 2.19. The van der Waals surface area contributed by atoms with Gasteiger partial charge >= 0.3 is 0 Å². The minimum absolute atomic E-state index is 0. The highest BCUT2D eigenvalue weighted by atomic mass is 35.5. The predicted molar refractivity (Wildman–Crippen MR) is 98.8 cm³/mol. The van der Waals surface area contributed by atoms with Crippen molar-refractivity contribution in [1.29, 1.82) is 0 Å². The van der Waals surface area contributed by atoms with Crippen molar-refractivity contribution < 1.29 is 16.9 Å². The molecule has 4 nitrogen and oxygen atoms in total. The molecule has 0 atom stereocenters. The second-order valence-electron chi connectivity index (χ2n) is 7.62. The van der Waals surface area contributed by atoms with Gasteiger partial charge < -0.3 is 32.4 Å². The lowest BCUT2D eigenvalue weighted by atomic mass is 10.2. The van der Waals surface area contributed by atoms with E-state index >= 15 is 0 Å². The van der Waals surface area contributed by atoms with Crippen LogP contribution in [0.4, 0.5) is 11.4 Å². The van der Waals surface area contributed by atoms with E-state index in [0.717, 1.165) is 18.8 Å². The fourth-order valence-electron chi connectivity index (χ4n) is 4.14. The second kappa shape index (κ2) is 8.93. The van der Waals surface area contributed by atoms with E-state index in [1.807, 2.05) is 12.1 Å². The summed E-state index contributed by atoms with van der Waals surface area (Å²) in [6, 6.07) is 8.34. The van der Waals surface area contributed by atoms with Crippen LogP contribution in [0.3, 0.4) is 0 Å². The van der Waals surface area contributed by atoms with E-state index in [4.69, 9.17) is 5.73 Å². The molecule has 2 aliphatic heterocycles. The quantitative estimate of drug-likeness (QED) is 0.568. The Morgan fingerprint density at radius 1 is 0.958 bits per heavy atom. The molecular weight excluding hydrogens is 320 g/mol. The number of hydrogen-bond acceptors (Lipinski definition) is 3. The number of nitrogens with zero attached hydrogens (tertiary/aromatic N) is 3. The van der Waals surface area contributed by atoms with Crippen LogP contribution in [0, 0.1) is 0 Å². The van der Waals surface area contributed by atoms with E-state index in [1.54, 1.807) is 0 Å². The Morgan fingerprint density at radius 3 is 2.38 bits per heavy atom. The van der Waals surface area contributed by atoms with E-state index in [0.29, 0.717) is 0 Å². The molecule has 2 N–H and O–H groups in total. The zero-order valence-electron chi connectivity index (χ0n) is 15.1. The molecule has 0 saturated carbocycles. The molecule has 0 aromatic heterocycles. The molecule has 3 rings (SSSR count). The molecule has 1 aromatic rings. The van der Waals surface area contributed by atoms with Crippen molar-refractivity contribution in [3.8, 4) is 0 Å². The van der Waals surface area contributed by atoms with Crippen LogP contribution in [0.25, 0.3) is 0 Å². The highest BCUT2D eigenvalue weighted by molar-refractivity contribution is 5.53. The lowest BCUT2D eigenvalue weighted by Crippen LogP contribution is -3.00. The summed E-state index contributed by atoms with van der Waals surface area (Å²) in [5.41, 5.74) is 7.96. The normalized spacial score (nSPS) is 21.3. The molecule has 2 saturated heterocycles. The Bertz CT molecular complexity index is 485. The molecule has 0 aliphatic carbocycles. The van der Waals surface area contributed by atoms with Crippen molar-refractivity contribution >= 4 is 11.4 Å². The molecule has 136 valence electrons. The van der Waals surface area contributed by atoms with Gasteiger partial charge in [-0.15, -0.1) is 0 Å². The smallest absolute Gasteiger partial charge is 0.0796 e. The van der Waals surface area contributed by atoms with Gasteiger partial charge in [-0.25, -0.2) is 0 Å². The van der Waals surface area contributed by atoms with Gasteiger partial charge in [0.2, 0.25) is 0 Å². The van der Waals surface area contributed by atoms with Gasteiger partial charge in [-0.1, -0.05) is 0 Å². The van der Waals surface area contributed by atoms with Crippen LogP contribution in [0.1, 0.15) is 25.7 Å². The maximum absolute atomic E-state index is 5.80. The van der Waals surface area contributed by atoms with Crippen molar-refractivity contribution in [3.05, 3.63) is 24.3 Å². The first-order chi connectivity index (χ1) is 11.1. The molecular formula is C19H33ClN4. The molecule has 1 aromatic carbocycles. The molecule has 2 fully saturated rings. The highest BCUT2D eigenvalue weighted by Gasteiger charge is 2.26. The van der Waals surface area contributed by atoms with E-state index in [1.165, 1.54) is 75.1 Å². The van der Waals surface area contributed by atoms with E-state index in [9.17, 15) is 0 Å². The van der Waals surface area contributed by atoms with Gasteiger partial charge in [0.05, 0.1) is 26.7 Å². The third kappa shape index (κ3) is 5.27. The largest absolute Gasteiger partial charge is 1.00 e.